The molecule has 0 saturated carbocycles. The molecule has 1 atom stereocenters. The fraction of sp³-hybridized carbons (Fsp3) is 0.702. The van der Waals surface area contributed by atoms with Crippen molar-refractivity contribution in [2.75, 3.05) is 13.2 Å². The summed E-state index contributed by atoms with van der Waals surface area (Å²) in [7, 11) is 0. The van der Waals surface area contributed by atoms with Crippen molar-refractivity contribution in [2.24, 2.45) is 0 Å². The quantitative estimate of drug-likeness (QED) is 0.0262. The number of unbranched alkanes of at least 4 members (excludes halogenated alkanes) is 21. The van der Waals surface area contributed by atoms with Gasteiger partial charge in [0, 0.05) is 19.3 Å². The van der Waals surface area contributed by atoms with Crippen LogP contribution >= 0.6 is 0 Å². The molecule has 0 rings (SSSR count). The van der Waals surface area contributed by atoms with Crippen molar-refractivity contribution in [3.05, 3.63) is 85.1 Å². The molecule has 0 N–H and O–H groups in total. The summed E-state index contributed by atoms with van der Waals surface area (Å²) in [5, 5.41) is 0. The Labute approximate surface area is 388 Å². The van der Waals surface area contributed by atoms with E-state index in [-0.39, 0.29) is 37.5 Å². The predicted octanol–water partition coefficient (Wildman–Crippen LogP) is 17.2. The van der Waals surface area contributed by atoms with Crippen LogP contribution in [0.3, 0.4) is 0 Å². The number of ether oxygens (including phenoxy) is 3. The van der Waals surface area contributed by atoms with E-state index in [1.165, 1.54) is 89.9 Å². The minimum Gasteiger partial charge on any atom is -0.462 e. The number of esters is 3. The lowest BCUT2D eigenvalue weighted by atomic mass is 10.1. The summed E-state index contributed by atoms with van der Waals surface area (Å²) in [5.74, 6) is -0.980. The van der Waals surface area contributed by atoms with Crippen molar-refractivity contribution in [1.29, 1.82) is 0 Å². The van der Waals surface area contributed by atoms with Crippen LogP contribution < -0.4 is 0 Å². The van der Waals surface area contributed by atoms with Gasteiger partial charge in [0.1, 0.15) is 13.2 Å². The van der Waals surface area contributed by atoms with E-state index >= 15 is 0 Å². The Morgan fingerprint density at radius 3 is 1.06 bits per heavy atom. The minimum absolute atomic E-state index is 0.102. The first-order valence-corrected chi connectivity index (χ1v) is 26.1. The Bertz CT molecular complexity index is 1240. The highest BCUT2D eigenvalue weighted by Gasteiger charge is 2.19. The van der Waals surface area contributed by atoms with Crippen LogP contribution in [-0.4, -0.2) is 37.2 Å². The van der Waals surface area contributed by atoms with Gasteiger partial charge in [-0.25, -0.2) is 0 Å². The van der Waals surface area contributed by atoms with Gasteiger partial charge in [0.15, 0.2) is 6.10 Å². The van der Waals surface area contributed by atoms with Crippen LogP contribution in [-0.2, 0) is 28.6 Å². The van der Waals surface area contributed by atoms with Crippen molar-refractivity contribution in [1.82, 2.24) is 0 Å². The van der Waals surface area contributed by atoms with Crippen molar-refractivity contribution in [3.8, 4) is 0 Å². The van der Waals surface area contributed by atoms with Crippen molar-refractivity contribution in [2.45, 2.75) is 245 Å². The van der Waals surface area contributed by atoms with Crippen LogP contribution in [0.4, 0.5) is 0 Å². The molecule has 0 saturated heterocycles. The standard InChI is InChI=1S/C57H96O6/c1-4-7-10-13-16-19-22-25-27-28-30-32-35-38-41-44-47-50-56(59)62-53-54(52-61-55(58)49-46-43-40-37-34-31-24-21-18-15-12-9-6-3)63-57(60)51-48-45-42-39-36-33-29-26-23-20-17-14-11-8-5-2/h7,10,16,19,21,24-27,29-30,32,38,41,54H,4-6,8-9,11-15,17-18,20,22-23,28,31,33-37,39-40,42-53H2,1-3H3/b10-7-,19-16-,24-21-,27-25-,29-26-,32-30-,41-38-/t54-/m1/s1. The molecule has 360 valence electrons. The molecule has 6 nitrogen and oxygen atoms in total. The summed E-state index contributed by atoms with van der Waals surface area (Å²) in [5.41, 5.74) is 0. The average molecular weight is 877 g/mol. The highest BCUT2D eigenvalue weighted by atomic mass is 16.6. The van der Waals surface area contributed by atoms with Gasteiger partial charge >= 0.3 is 17.9 Å². The van der Waals surface area contributed by atoms with Crippen molar-refractivity contribution in [3.63, 3.8) is 0 Å². The SMILES string of the molecule is CC/C=C\C/C=C\C/C=C\C/C=C\C/C=C\CCCC(=O)OC[C@@H](COC(=O)CCCCCCC/C=C\CCCCCC)OC(=O)CCCCCCC/C=C\CCCCCCCC. The van der Waals surface area contributed by atoms with Crippen molar-refractivity contribution < 1.29 is 28.6 Å². The molecule has 0 aliphatic rings. The van der Waals surface area contributed by atoms with E-state index in [1.807, 2.05) is 0 Å². The molecule has 0 heterocycles. The van der Waals surface area contributed by atoms with Crippen LogP contribution in [0.2, 0.25) is 0 Å². The molecular formula is C57H96O6. The van der Waals surface area contributed by atoms with Crippen molar-refractivity contribution >= 4 is 17.9 Å². The van der Waals surface area contributed by atoms with E-state index < -0.39 is 6.10 Å². The molecule has 0 aliphatic carbocycles. The molecule has 0 aliphatic heterocycles. The zero-order valence-electron chi connectivity index (χ0n) is 41.1. The van der Waals surface area contributed by atoms with E-state index in [0.29, 0.717) is 19.3 Å². The maximum atomic E-state index is 12.8. The molecule has 0 amide bonds. The zero-order valence-corrected chi connectivity index (χ0v) is 41.1. The molecule has 0 radical (unpaired) electrons. The van der Waals surface area contributed by atoms with E-state index in [2.05, 4.69) is 106 Å². The third-order valence-corrected chi connectivity index (χ3v) is 10.9. The van der Waals surface area contributed by atoms with Gasteiger partial charge in [0.2, 0.25) is 0 Å². The molecular weight excluding hydrogens is 781 g/mol. The van der Waals surface area contributed by atoms with Crippen LogP contribution in [0.15, 0.2) is 85.1 Å². The molecule has 0 unspecified atom stereocenters. The van der Waals surface area contributed by atoms with Crippen LogP contribution in [0.5, 0.6) is 0 Å². The number of carbonyl (C=O) groups is 3. The smallest absolute Gasteiger partial charge is 0.306 e. The molecule has 0 bridgehead atoms. The zero-order chi connectivity index (χ0) is 45.8. The second-order valence-electron chi connectivity index (χ2n) is 17.0. The normalized spacial score (nSPS) is 12.7. The maximum Gasteiger partial charge on any atom is 0.306 e. The van der Waals surface area contributed by atoms with E-state index in [9.17, 15) is 14.4 Å². The second kappa shape index (κ2) is 51.2. The van der Waals surface area contributed by atoms with Gasteiger partial charge in [0.25, 0.3) is 0 Å². The van der Waals surface area contributed by atoms with Gasteiger partial charge in [0.05, 0.1) is 0 Å². The largest absolute Gasteiger partial charge is 0.462 e. The average Bonchev–Trinajstić information content (AvgIpc) is 3.28. The van der Waals surface area contributed by atoms with Gasteiger partial charge in [-0.15, -0.1) is 0 Å². The Balaban J connectivity index is 4.50. The number of hydrogen-bond acceptors (Lipinski definition) is 6. The fourth-order valence-electron chi connectivity index (χ4n) is 6.94. The monoisotopic (exact) mass is 877 g/mol. The summed E-state index contributed by atoms with van der Waals surface area (Å²) in [6, 6.07) is 0. The maximum absolute atomic E-state index is 12.8. The summed E-state index contributed by atoms with van der Waals surface area (Å²) >= 11 is 0. The predicted molar refractivity (Wildman–Crippen MR) is 270 cm³/mol. The number of rotatable bonds is 46. The van der Waals surface area contributed by atoms with Crippen LogP contribution in [0.25, 0.3) is 0 Å². The third-order valence-electron chi connectivity index (χ3n) is 10.9. The second-order valence-corrected chi connectivity index (χ2v) is 17.0. The van der Waals surface area contributed by atoms with Gasteiger partial charge in [-0.05, 0) is 109 Å². The molecule has 6 heteroatoms. The third kappa shape index (κ3) is 49.5. The number of carbonyl (C=O) groups excluding carboxylic acids is 3. The minimum atomic E-state index is -0.806. The van der Waals surface area contributed by atoms with Gasteiger partial charge in [-0.2, -0.15) is 0 Å². The van der Waals surface area contributed by atoms with E-state index in [4.69, 9.17) is 14.2 Å². The highest BCUT2D eigenvalue weighted by molar-refractivity contribution is 5.71. The first-order chi connectivity index (χ1) is 31.0. The Hall–Kier alpha value is -3.41. The molecule has 63 heavy (non-hydrogen) atoms. The lowest BCUT2D eigenvalue weighted by Gasteiger charge is -2.18. The van der Waals surface area contributed by atoms with E-state index in [0.717, 1.165) is 103 Å². The Morgan fingerprint density at radius 2 is 0.635 bits per heavy atom. The van der Waals surface area contributed by atoms with Gasteiger partial charge < -0.3 is 14.2 Å². The summed E-state index contributed by atoms with van der Waals surface area (Å²) in [6.07, 6.45) is 65.7. The number of hydrogen-bond donors (Lipinski definition) is 0. The number of allylic oxidation sites excluding steroid dienone is 14. The lowest BCUT2D eigenvalue weighted by Crippen LogP contribution is -2.30. The fourth-order valence-corrected chi connectivity index (χ4v) is 6.94. The highest BCUT2D eigenvalue weighted by Crippen LogP contribution is 2.13. The summed E-state index contributed by atoms with van der Waals surface area (Å²) in [4.78, 5) is 38.0. The topological polar surface area (TPSA) is 78.9 Å². The summed E-state index contributed by atoms with van der Waals surface area (Å²) in [6.45, 7) is 6.44. The first-order valence-electron chi connectivity index (χ1n) is 26.1. The summed E-state index contributed by atoms with van der Waals surface area (Å²) < 4.78 is 16.7. The van der Waals surface area contributed by atoms with Gasteiger partial charge in [-0.3, -0.25) is 14.4 Å². The molecule has 0 fully saturated rings. The molecule has 0 spiro atoms. The molecule has 0 aromatic rings. The Kier molecular flexibility index (Phi) is 48.5. The van der Waals surface area contributed by atoms with Gasteiger partial charge in [-0.1, -0.05) is 196 Å². The van der Waals surface area contributed by atoms with Crippen LogP contribution in [0.1, 0.15) is 239 Å². The molecule has 0 aromatic carbocycles. The lowest BCUT2D eigenvalue weighted by molar-refractivity contribution is -0.167. The molecule has 0 aromatic heterocycles. The first kappa shape index (κ1) is 59.6. The van der Waals surface area contributed by atoms with Crippen LogP contribution in [0, 0.1) is 0 Å². The van der Waals surface area contributed by atoms with E-state index in [1.54, 1.807) is 0 Å². The Morgan fingerprint density at radius 1 is 0.333 bits per heavy atom.